The molecule has 1 atom stereocenters. The molecule has 1 aromatic carbocycles. The van der Waals surface area contributed by atoms with E-state index >= 15 is 0 Å². The lowest BCUT2D eigenvalue weighted by molar-refractivity contribution is -0.153. The van der Waals surface area contributed by atoms with E-state index in [1.807, 2.05) is 0 Å². The predicted octanol–water partition coefficient (Wildman–Crippen LogP) is 0.918. The molecule has 0 spiro atoms. The second-order valence-corrected chi connectivity index (χ2v) is 9.73. The summed E-state index contributed by atoms with van der Waals surface area (Å²) in [4.78, 5) is 38.3. The van der Waals surface area contributed by atoms with Gasteiger partial charge in [-0.25, -0.2) is 8.42 Å². The Labute approximate surface area is 170 Å². The second kappa shape index (κ2) is 9.39. The molecule has 0 unspecified atom stereocenters. The van der Waals surface area contributed by atoms with E-state index in [1.165, 1.54) is 0 Å². The summed E-state index contributed by atoms with van der Waals surface area (Å²) in [5.74, 6) is -1.44. The highest BCUT2D eigenvalue weighted by molar-refractivity contribution is 7.91. The van der Waals surface area contributed by atoms with Gasteiger partial charge in [0.25, 0.3) is 11.8 Å². The molecular weight excluding hydrogens is 396 g/mol. The number of ether oxygens (including phenoxy) is 1. The zero-order valence-electron chi connectivity index (χ0n) is 16.2. The summed E-state index contributed by atoms with van der Waals surface area (Å²) in [7, 11) is -3.13. The molecule has 0 aromatic heterocycles. The first-order chi connectivity index (χ1) is 13.9. The third kappa shape index (κ3) is 5.79. The van der Waals surface area contributed by atoms with Crippen molar-refractivity contribution in [2.75, 3.05) is 24.7 Å². The van der Waals surface area contributed by atoms with Crippen LogP contribution in [0.25, 0.3) is 0 Å². The summed E-state index contributed by atoms with van der Waals surface area (Å²) in [5, 5.41) is 2.45. The van der Waals surface area contributed by atoms with Crippen molar-refractivity contribution in [1.82, 2.24) is 10.2 Å². The van der Waals surface area contributed by atoms with Crippen LogP contribution in [0.4, 0.5) is 0 Å². The van der Waals surface area contributed by atoms with Crippen molar-refractivity contribution in [3.05, 3.63) is 35.9 Å². The summed E-state index contributed by atoms with van der Waals surface area (Å²) < 4.78 is 28.8. The number of rotatable bonds is 7. The van der Waals surface area contributed by atoms with E-state index in [0.29, 0.717) is 12.0 Å². The van der Waals surface area contributed by atoms with Crippen LogP contribution in [0.1, 0.15) is 42.5 Å². The number of amides is 2. The second-order valence-electron chi connectivity index (χ2n) is 7.51. The topological polar surface area (TPSA) is 110 Å². The van der Waals surface area contributed by atoms with Crippen LogP contribution >= 0.6 is 0 Å². The number of benzene rings is 1. The Morgan fingerprint density at radius 2 is 1.72 bits per heavy atom. The molecule has 0 bridgehead atoms. The van der Waals surface area contributed by atoms with Crippen LogP contribution < -0.4 is 5.32 Å². The van der Waals surface area contributed by atoms with Crippen LogP contribution in [-0.2, 0) is 24.2 Å². The van der Waals surface area contributed by atoms with Gasteiger partial charge in [-0.1, -0.05) is 31.0 Å². The molecule has 1 aromatic rings. The Hall–Kier alpha value is -2.42. The van der Waals surface area contributed by atoms with E-state index in [2.05, 4.69) is 5.32 Å². The molecule has 8 nitrogen and oxygen atoms in total. The Bertz CT molecular complexity index is 849. The third-order valence-electron chi connectivity index (χ3n) is 5.39. The lowest BCUT2D eigenvalue weighted by atomic mass is 10.1. The summed E-state index contributed by atoms with van der Waals surface area (Å²) in [5.41, 5.74) is 0.422. The Balaban J connectivity index is 1.51. The number of nitrogens with zero attached hydrogens (tertiary/aromatic N) is 1. The fourth-order valence-corrected chi connectivity index (χ4v) is 5.71. The first-order valence-electron chi connectivity index (χ1n) is 9.86. The lowest BCUT2D eigenvalue weighted by Gasteiger charge is -2.33. The fraction of sp³-hybridized carbons (Fsp3) is 0.550. The van der Waals surface area contributed by atoms with Crippen LogP contribution in [0.5, 0.6) is 0 Å². The maximum Gasteiger partial charge on any atom is 0.325 e. The van der Waals surface area contributed by atoms with E-state index in [9.17, 15) is 22.8 Å². The van der Waals surface area contributed by atoms with Crippen LogP contribution in [0.15, 0.2) is 30.3 Å². The van der Waals surface area contributed by atoms with Crippen molar-refractivity contribution < 1.29 is 27.5 Å². The molecule has 1 aliphatic heterocycles. The summed E-state index contributed by atoms with van der Waals surface area (Å²) in [6, 6.07) is 8.10. The molecule has 1 saturated heterocycles. The van der Waals surface area contributed by atoms with Gasteiger partial charge in [-0.15, -0.1) is 0 Å². The van der Waals surface area contributed by atoms with Crippen molar-refractivity contribution in [1.29, 1.82) is 0 Å². The first-order valence-corrected chi connectivity index (χ1v) is 11.7. The monoisotopic (exact) mass is 422 g/mol. The maximum atomic E-state index is 12.8. The zero-order chi connectivity index (χ0) is 20.9. The molecule has 2 amide bonds. The van der Waals surface area contributed by atoms with Gasteiger partial charge in [-0.3, -0.25) is 14.4 Å². The minimum absolute atomic E-state index is 0.00251. The highest BCUT2D eigenvalue weighted by atomic mass is 32.2. The minimum atomic E-state index is -3.13. The van der Waals surface area contributed by atoms with Gasteiger partial charge in [0.05, 0.1) is 11.5 Å². The average Bonchev–Trinajstić information content (AvgIpc) is 3.35. The largest absolute Gasteiger partial charge is 0.454 e. The molecule has 29 heavy (non-hydrogen) atoms. The lowest BCUT2D eigenvalue weighted by Crippen LogP contribution is -2.48. The number of nitrogens with one attached hydrogen (secondary N) is 1. The number of hydrogen-bond acceptors (Lipinski definition) is 6. The van der Waals surface area contributed by atoms with E-state index in [1.54, 1.807) is 35.2 Å². The van der Waals surface area contributed by atoms with Gasteiger partial charge in [0.15, 0.2) is 16.4 Å². The number of sulfone groups is 1. The van der Waals surface area contributed by atoms with Crippen molar-refractivity contribution in [3.8, 4) is 0 Å². The molecule has 3 rings (SSSR count). The van der Waals surface area contributed by atoms with Gasteiger partial charge in [-0.2, -0.15) is 0 Å². The normalized spacial score (nSPS) is 20.9. The number of carbonyl (C=O) groups is 3. The molecule has 1 saturated carbocycles. The Kier molecular flexibility index (Phi) is 6.89. The van der Waals surface area contributed by atoms with E-state index in [-0.39, 0.29) is 36.0 Å². The quantitative estimate of drug-likeness (QED) is 0.655. The van der Waals surface area contributed by atoms with Crippen molar-refractivity contribution in [2.45, 2.75) is 44.2 Å². The van der Waals surface area contributed by atoms with Crippen LogP contribution in [0.3, 0.4) is 0 Å². The van der Waals surface area contributed by atoms with Crippen molar-refractivity contribution >= 4 is 27.6 Å². The highest BCUT2D eigenvalue weighted by Gasteiger charge is 2.39. The third-order valence-corrected chi connectivity index (χ3v) is 7.14. The number of hydrogen-bond donors (Lipinski definition) is 1. The highest BCUT2D eigenvalue weighted by Crippen LogP contribution is 2.29. The molecule has 1 aliphatic carbocycles. The summed E-state index contributed by atoms with van der Waals surface area (Å²) in [6.07, 6.45) is 4.09. The Morgan fingerprint density at radius 1 is 1.03 bits per heavy atom. The van der Waals surface area contributed by atoms with Crippen LogP contribution in [0, 0.1) is 0 Å². The van der Waals surface area contributed by atoms with Crippen LogP contribution in [0.2, 0.25) is 0 Å². The van der Waals surface area contributed by atoms with Crippen molar-refractivity contribution in [3.63, 3.8) is 0 Å². The Morgan fingerprint density at radius 3 is 2.34 bits per heavy atom. The van der Waals surface area contributed by atoms with E-state index in [4.69, 9.17) is 4.74 Å². The maximum absolute atomic E-state index is 12.8. The predicted molar refractivity (Wildman–Crippen MR) is 106 cm³/mol. The van der Waals surface area contributed by atoms with Gasteiger partial charge >= 0.3 is 5.97 Å². The fourth-order valence-electron chi connectivity index (χ4n) is 3.99. The summed E-state index contributed by atoms with van der Waals surface area (Å²) in [6.45, 7) is -0.796. The molecule has 2 aliphatic rings. The van der Waals surface area contributed by atoms with Gasteiger partial charge < -0.3 is 15.0 Å². The smallest absolute Gasteiger partial charge is 0.325 e. The van der Waals surface area contributed by atoms with Gasteiger partial charge in [0, 0.05) is 17.6 Å². The molecule has 1 N–H and O–H groups in total. The molecule has 158 valence electrons. The molecule has 2 fully saturated rings. The van der Waals surface area contributed by atoms with E-state index in [0.717, 1.165) is 25.7 Å². The molecule has 1 heterocycles. The first kappa shape index (κ1) is 21.3. The molecular formula is C20H26N2O6S. The van der Waals surface area contributed by atoms with E-state index < -0.39 is 28.3 Å². The van der Waals surface area contributed by atoms with Crippen LogP contribution in [-0.4, -0.2) is 67.8 Å². The van der Waals surface area contributed by atoms with Crippen molar-refractivity contribution in [2.24, 2.45) is 0 Å². The average molecular weight is 423 g/mol. The SMILES string of the molecule is O=C(CNC(=O)c1ccccc1)OCC(=O)N(C1CCCC1)[C@H]1CCS(=O)(=O)C1. The molecule has 0 radical (unpaired) electrons. The number of carbonyl (C=O) groups excluding carboxylic acids is 3. The summed E-state index contributed by atoms with van der Waals surface area (Å²) >= 11 is 0. The number of esters is 1. The van der Waals surface area contributed by atoms with Gasteiger partial charge in [0.1, 0.15) is 6.54 Å². The molecule has 9 heteroatoms. The van der Waals surface area contributed by atoms with Gasteiger partial charge in [-0.05, 0) is 31.4 Å². The van der Waals surface area contributed by atoms with Gasteiger partial charge in [0.2, 0.25) is 0 Å². The minimum Gasteiger partial charge on any atom is -0.454 e. The standard InChI is InChI=1S/C20H26N2O6S/c23-18(13-28-19(24)12-21-20(25)15-6-2-1-3-7-15)22(16-8-4-5-9-16)17-10-11-29(26,27)14-17/h1-3,6-7,16-17H,4-5,8-14H2,(H,21,25)/t17-/m0/s1. The zero-order valence-corrected chi connectivity index (χ0v) is 17.0.